The van der Waals surface area contributed by atoms with Gasteiger partial charge >= 0.3 is 0 Å². The maximum atomic E-state index is 13.0. The maximum absolute atomic E-state index is 13.0. The predicted molar refractivity (Wildman–Crippen MR) is 106 cm³/mol. The van der Waals surface area contributed by atoms with Crippen molar-refractivity contribution in [1.29, 1.82) is 0 Å². The highest BCUT2D eigenvalue weighted by Gasteiger charge is 2.35. The van der Waals surface area contributed by atoms with Gasteiger partial charge in [0.25, 0.3) is 11.8 Å². The van der Waals surface area contributed by atoms with E-state index in [2.05, 4.69) is 37.2 Å². The molecule has 128 valence electrons. The molecule has 0 atom stereocenters. The predicted octanol–water partition coefficient (Wildman–Crippen LogP) is 4.25. The molecule has 1 aromatic carbocycles. The van der Waals surface area contributed by atoms with Gasteiger partial charge in [-0.3, -0.25) is 19.8 Å². The highest BCUT2D eigenvalue weighted by atomic mass is 79.9. The molecule has 25 heavy (non-hydrogen) atoms. The number of amides is 2. The van der Waals surface area contributed by atoms with Crippen molar-refractivity contribution in [1.82, 2.24) is 5.32 Å². The van der Waals surface area contributed by atoms with Gasteiger partial charge in [0, 0.05) is 0 Å². The van der Waals surface area contributed by atoms with Gasteiger partial charge in [0.05, 0.1) is 10.2 Å². The van der Waals surface area contributed by atoms with Crippen LogP contribution in [0, 0.1) is 13.8 Å². The van der Waals surface area contributed by atoms with E-state index in [0.29, 0.717) is 20.6 Å². The molecule has 1 saturated heterocycles. The number of aryl methyl sites for hydroxylation is 1. The first-order chi connectivity index (χ1) is 11.8. The Morgan fingerprint density at radius 1 is 1.24 bits per heavy atom. The van der Waals surface area contributed by atoms with Crippen LogP contribution in [0.2, 0.25) is 0 Å². The second-order valence-corrected chi connectivity index (χ2v) is 7.41. The third kappa shape index (κ3) is 3.33. The van der Waals surface area contributed by atoms with E-state index in [1.165, 1.54) is 11.0 Å². The summed E-state index contributed by atoms with van der Waals surface area (Å²) in [5.74, 6) is -0.683. The number of thiocarbonyl (C=S) groups is 1. The molecule has 5 nitrogen and oxygen atoms in total. The molecule has 2 aromatic rings. The fraction of sp³-hybridized carbons (Fsp3) is 0.118. The molecule has 0 saturated carbocycles. The number of hydrogen-bond acceptors (Lipinski definition) is 4. The molecule has 0 bridgehead atoms. The Labute approximate surface area is 166 Å². The number of nitrogens with zero attached hydrogens (tertiary/aromatic N) is 1. The molecule has 0 unspecified atom stereocenters. The smallest absolute Gasteiger partial charge is 0.270 e. The van der Waals surface area contributed by atoms with Crippen LogP contribution < -0.4 is 10.2 Å². The van der Waals surface area contributed by atoms with Gasteiger partial charge in [-0.15, -0.1) is 0 Å². The molecule has 1 aliphatic rings. The summed E-state index contributed by atoms with van der Waals surface area (Å²) < 4.78 is 6.60. The molecule has 2 heterocycles. The summed E-state index contributed by atoms with van der Waals surface area (Å²) in [7, 11) is 0. The summed E-state index contributed by atoms with van der Waals surface area (Å²) in [6, 6.07) is 7.24. The van der Waals surface area contributed by atoms with Crippen molar-refractivity contribution in [3.63, 3.8) is 0 Å². The molecule has 0 radical (unpaired) electrons. The molecule has 1 aromatic heterocycles. The third-order valence-electron chi connectivity index (χ3n) is 3.87. The van der Waals surface area contributed by atoms with E-state index in [9.17, 15) is 9.59 Å². The van der Waals surface area contributed by atoms with E-state index in [1.54, 1.807) is 12.1 Å². The van der Waals surface area contributed by atoms with Gasteiger partial charge in [-0.2, -0.15) is 0 Å². The van der Waals surface area contributed by atoms with Gasteiger partial charge in [-0.05, 0) is 87.3 Å². The standard InChI is InChI=1S/C17H12Br2N2O3S/c1-8-4-3-5-13(9(8)2)21-16(23)11(15(22)20-17(21)25)6-10-7-12(18)14(19)24-10/h3-7H,1-2H3,(H,20,22,25)/b11-6+. The Morgan fingerprint density at radius 3 is 2.60 bits per heavy atom. The largest absolute Gasteiger partial charge is 0.449 e. The lowest BCUT2D eigenvalue weighted by Gasteiger charge is -2.30. The molecule has 1 N–H and O–H groups in total. The lowest BCUT2D eigenvalue weighted by atomic mass is 10.0. The van der Waals surface area contributed by atoms with Crippen LogP contribution in [0.3, 0.4) is 0 Å². The van der Waals surface area contributed by atoms with E-state index in [4.69, 9.17) is 16.6 Å². The van der Waals surface area contributed by atoms with Gasteiger partial charge in [0.1, 0.15) is 11.3 Å². The average Bonchev–Trinajstić information content (AvgIpc) is 2.86. The Morgan fingerprint density at radius 2 is 1.96 bits per heavy atom. The van der Waals surface area contributed by atoms with Crippen LogP contribution in [-0.4, -0.2) is 16.9 Å². The molecular formula is C17H12Br2N2O3S. The minimum absolute atomic E-state index is 0.0525. The Bertz CT molecular complexity index is 930. The summed E-state index contributed by atoms with van der Waals surface area (Å²) in [6.07, 6.45) is 1.40. The number of carbonyl (C=O) groups is 2. The first-order valence-corrected chi connectivity index (χ1v) is 9.21. The van der Waals surface area contributed by atoms with Crippen molar-refractivity contribution in [2.24, 2.45) is 0 Å². The zero-order valence-corrected chi connectivity index (χ0v) is 17.2. The summed E-state index contributed by atoms with van der Waals surface area (Å²) in [5, 5.41) is 2.62. The highest BCUT2D eigenvalue weighted by Crippen LogP contribution is 2.30. The van der Waals surface area contributed by atoms with Crippen LogP contribution in [0.5, 0.6) is 0 Å². The van der Waals surface area contributed by atoms with Gasteiger partial charge < -0.3 is 4.42 Å². The number of carbonyl (C=O) groups excluding carboxylic acids is 2. The van der Waals surface area contributed by atoms with Crippen LogP contribution in [0.15, 0.2) is 43.4 Å². The van der Waals surface area contributed by atoms with Crippen LogP contribution in [0.1, 0.15) is 16.9 Å². The second kappa shape index (κ2) is 6.86. The molecule has 0 spiro atoms. The lowest BCUT2D eigenvalue weighted by Crippen LogP contribution is -2.54. The third-order valence-corrected chi connectivity index (χ3v) is 5.86. The molecule has 1 fully saturated rings. The van der Waals surface area contributed by atoms with Crippen molar-refractivity contribution in [3.05, 3.63) is 55.9 Å². The first-order valence-electron chi connectivity index (χ1n) is 7.22. The minimum atomic E-state index is -0.555. The zero-order valence-electron chi connectivity index (χ0n) is 13.2. The van der Waals surface area contributed by atoms with E-state index in [1.807, 2.05) is 26.0 Å². The summed E-state index contributed by atoms with van der Waals surface area (Å²) in [4.78, 5) is 26.5. The molecule has 0 aliphatic carbocycles. The average molecular weight is 484 g/mol. The van der Waals surface area contributed by atoms with Crippen molar-refractivity contribution in [3.8, 4) is 0 Å². The van der Waals surface area contributed by atoms with E-state index in [-0.39, 0.29) is 10.7 Å². The number of benzene rings is 1. The van der Waals surface area contributed by atoms with Gasteiger partial charge in [-0.25, -0.2) is 0 Å². The monoisotopic (exact) mass is 482 g/mol. The fourth-order valence-electron chi connectivity index (χ4n) is 2.43. The molecule has 8 heteroatoms. The second-order valence-electron chi connectivity index (χ2n) is 5.45. The van der Waals surface area contributed by atoms with E-state index >= 15 is 0 Å². The SMILES string of the molecule is Cc1cccc(N2C(=O)/C(=C/c3cc(Br)c(Br)o3)C(=O)NC2=S)c1C. The lowest BCUT2D eigenvalue weighted by molar-refractivity contribution is -0.122. The minimum Gasteiger partial charge on any atom is -0.449 e. The number of halogens is 2. The fourth-order valence-corrected chi connectivity index (χ4v) is 3.31. The number of furan rings is 1. The number of hydrogen-bond donors (Lipinski definition) is 1. The van der Waals surface area contributed by atoms with Crippen LogP contribution in [-0.2, 0) is 9.59 Å². The van der Waals surface area contributed by atoms with Gasteiger partial charge in [0.2, 0.25) is 0 Å². The number of nitrogens with one attached hydrogen (secondary N) is 1. The Kier molecular flexibility index (Phi) is 4.95. The van der Waals surface area contributed by atoms with Crippen molar-refractivity contribution < 1.29 is 14.0 Å². The molecular weight excluding hydrogens is 472 g/mol. The van der Waals surface area contributed by atoms with Crippen molar-refractivity contribution in [2.45, 2.75) is 13.8 Å². The first kappa shape index (κ1) is 18.0. The van der Waals surface area contributed by atoms with Crippen LogP contribution >= 0.6 is 44.1 Å². The zero-order chi connectivity index (χ0) is 18.3. The number of rotatable bonds is 2. The quantitative estimate of drug-likeness (QED) is 0.394. The summed E-state index contributed by atoms with van der Waals surface area (Å²) >= 11 is 11.7. The normalized spacial score (nSPS) is 16.6. The van der Waals surface area contributed by atoms with Gasteiger partial charge in [0.15, 0.2) is 9.78 Å². The van der Waals surface area contributed by atoms with E-state index < -0.39 is 11.8 Å². The Balaban J connectivity index is 2.07. The van der Waals surface area contributed by atoms with Gasteiger partial charge in [-0.1, -0.05) is 12.1 Å². The van der Waals surface area contributed by atoms with Crippen LogP contribution in [0.4, 0.5) is 5.69 Å². The van der Waals surface area contributed by atoms with Crippen molar-refractivity contribution >= 4 is 72.8 Å². The molecule has 1 aliphatic heterocycles. The van der Waals surface area contributed by atoms with Crippen molar-refractivity contribution in [2.75, 3.05) is 4.90 Å². The topological polar surface area (TPSA) is 62.6 Å². The van der Waals surface area contributed by atoms with E-state index in [0.717, 1.165) is 11.1 Å². The maximum Gasteiger partial charge on any atom is 0.270 e. The summed E-state index contributed by atoms with van der Waals surface area (Å²) in [5.41, 5.74) is 2.53. The Hall–Kier alpha value is -1.77. The summed E-state index contributed by atoms with van der Waals surface area (Å²) in [6.45, 7) is 3.85. The number of anilines is 1. The molecule has 2 amide bonds. The molecule has 3 rings (SSSR count). The van der Waals surface area contributed by atoms with Crippen LogP contribution in [0.25, 0.3) is 6.08 Å². The highest BCUT2D eigenvalue weighted by molar-refractivity contribution is 9.13.